The van der Waals surface area contributed by atoms with Crippen molar-refractivity contribution >= 4 is 29.4 Å². The molecule has 3 unspecified atom stereocenters. The Labute approximate surface area is 178 Å². The number of rotatable bonds is 9. The maximum atomic E-state index is 12.1. The molecule has 0 radical (unpaired) electrons. The number of nitrogens with zero attached hydrogens (tertiary/aromatic N) is 1. The monoisotopic (exact) mass is 524 g/mol. The van der Waals surface area contributed by atoms with Crippen molar-refractivity contribution in [1.82, 2.24) is 9.55 Å². The van der Waals surface area contributed by atoms with E-state index in [9.17, 15) is 37.9 Å². The van der Waals surface area contributed by atoms with E-state index in [0.717, 1.165) is 17.7 Å². The molecule has 2 rings (SSSR count). The SMILES string of the molecule is CC(=O)OC[C@H]1O[C@@H](n2cc(C)c(=O)[nH]c2=O)CC1OP(=O)(O)OP(=O)(O)OP(=O)(O)O. The zero-order chi connectivity index (χ0) is 24.5. The summed E-state index contributed by atoms with van der Waals surface area (Å²) in [6, 6.07) is 0. The van der Waals surface area contributed by atoms with Gasteiger partial charge in [-0.05, 0) is 6.92 Å². The van der Waals surface area contributed by atoms with Crippen LogP contribution in [-0.4, -0.2) is 53.9 Å². The molecule has 5 N–H and O–H groups in total. The number of hydrogen-bond acceptors (Lipinski definition) is 11. The van der Waals surface area contributed by atoms with Gasteiger partial charge < -0.3 is 29.0 Å². The van der Waals surface area contributed by atoms with Crippen LogP contribution in [0.1, 0.15) is 25.1 Å². The standard InChI is InChI=1S/C12H19N2O15P3/c1-6-4-14(12(17)13-11(6)16)10-3-8(9(26-10)5-25-7(2)15)27-31(21,22)29-32(23,24)28-30(18,19)20/h4,8-10H,3,5H2,1-2H3,(H,21,22)(H,23,24)(H,13,16,17)(H2,18,19,20)/t8?,9-,10-/m1/s1. The molecule has 0 aliphatic carbocycles. The average molecular weight is 524 g/mol. The molecule has 0 spiro atoms. The zero-order valence-electron chi connectivity index (χ0n) is 16.3. The third-order valence-electron chi connectivity index (χ3n) is 3.77. The first kappa shape index (κ1) is 26.8. The van der Waals surface area contributed by atoms with Crippen molar-refractivity contribution in [3.8, 4) is 0 Å². The van der Waals surface area contributed by atoms with Crippen molar-refractivity contribution in [2.45, 2.75) is 38.7 Å². The number of H-pyrrole nitrogens is 1. The minimum absolute atomic E-state index is 0.126. The highest BCUT2D eigenvalue weighted by Gasteiger charge is 2.46. The molecule has 17 nitrogen and oxygen atoms in total. The van der Waals surface area contributed by atoms with E-state index in [2.05, 4.69) is 8.62 Å². The van der Waals surface area contributed by atoms with Crippen LogP contribution >= 0.6 is 23.5 Å². The molecule has 32 heavy (non-hydrogen) atoms. The van der Waals surface area contributed by atoms with Crippen molar-refractivity contribution in [2.24, 2.45) is 0 Å². The molecule has 0 aromatic carbocycles. The number of esters is 1. The van der Waals surface area contributed by atoms with Crippen molar-refractivity contribution in [2.75, 3.05) is 6.61 Å². The van der Waals surface area contributed by atoms with Gasteiger partial charge in [-0.3, -0.25) is 23.7 Å². The number of ether oxygens (including phenoxy) is 2. The van der Waals surface area contributed by atoms with Crippen molar-refractivity contribution in [3.63, 3.8) is 0 Å². The van der Waals surface area contributed by atoms with Crippen molar-refractivity contribution in [1.29, 1.82) is 0 Å². The number of aromatic nitrogens is 2. The Morgan fingerprint density at radius 3 is 2.38 bits per heavy atom. The number of carbonyl (C=O) groups excluding carboxylic acids is 1. The van der Waals surface area contributed by atoms with Crippen LogP contribution in [0.15, 0.2) is 15.8 Å². The Morgan fingerprint density at radius 2 is 1.81 bits per heavy atom. The van der Waals surface area contributed by atoms with Gasteiger partial charge in [0.2, 0.25) is 0 Å². The summed E-state index contributed by atoms with van der Waals surface area (Å²) in [5.74, 6) is -0.758. The predicted molar refractivity (Wildman–Crippen MR) is 100.0 cm³/mol. The summed E-state index contributed by atoms with van der Waals surface area (Å²) in [6.45, 7) is 1.91. The van der Waals surface area contributed by atoms with E-state index >= 15 is 0 Å². The lowest BCUT2D eigenvalue weighted by atomic mass is 10.2. The molecule has 1 aromatic rings. The molecule has 182 valence electrons. The molecule has 1 saturated heterocycles. The van der Waals surface area contributed by atoms with Crippen LogP contribution < -0.4 is 11.2 Å². The summed E-state index contributed by atoms with van der Waals surface area (Å²) >= 11 is 0. The quantitative estimate of drug-likeness (QED) is 0.200. The smallest absolute Gasteiger partial charge is 0.463 e. The van der Waals surface area contributed by atoms with Crippen molar-refractivity contribution < 1.29 is 60.7 Å². The van der Waals surface area contributed by atoms with Gasteiger partial charge in [0.15, 0.2) is 0 Å². The lowest BCUT2D eigenvalue weighted by Crippen LogP contribution is -2.33. The first-order valence-electron chi connectivity index (χ1n) is 8.41. The van der Waals surface area contributed by atoms with E-state index in [1.807, 2.05) is 4.98 Å². The minimum atomic E-state index is -5.76. The van der Waals surface area contributed by atoms with Gasteiger partial charge in [0, 0.05) is 25.1 Å². The lowest BCUT2D eigenvalue weighted by molar-refractivity contribution is -0.147. The van der Waals surface area contributed by atoms with E-state index in [4.69, 9.17) is 23.8 Å². The zero-order valence-corrected chi connectivity index (χ0v) is 19.0. The molecule has 1 aliphatic heterocycles. The van der Waals surface area contributed by atoms with Crippen LogP contribution in [0.3, 0.4) is 0 Å². The first-order valence-corrected chi connectivity index (χ1v) is 12.9. The Kier molecular flexibility index (Phi) is 8.19. The normalized spacial score (nSPS) is 25.1. The number of hydrogen-bond donors (Lipinski definition) is 5. The molecule has 20 heteroatoms. The summed E-state index contributed by atoms with van der Waals surface area (Å²) in [6.07, 6.45) is -3.23. The molecular formula is C12H19N2O15P3. The molecule has 1 aromatic heterocycles. The number of carbonyl (C=O) groups is 1. The second-order valence-electron chi connectivity index (χ2n) is 6.38. The first-order chi connectivity index (χ1) is 14.5. The summed E-state index contributed by atoms with van der Waals surface area (Å²) in [7, 11) is -16.9. The fourth-order valence-corrected chi connectivity index (χ4v) is 5.83. The van der Waals surface area contributed by atoms with Crippen LogP contribution in [0.25, 0.3) is 0 Å². The summed E-state index contributed by atoms with van der Waals surface area (Å²) < 4.78 is 57.6. The Balaban J connectivity index is 2.25. The summed E-state index contributed by atoms with van der Waals surface area (Å²) in [5, 5.41) is 0. The molecule has 0 amide bonds. The van der Waals surface area contributed by atoms with E-state index < -0.39 is 65.7 Å². The predicted octanol–water partition coefficient (Wildman–Crippen LogP) is -0.592. The Bertz CT molecular complexity index is 1120. The third kappa shape index (κ3) is 7.83. The van der Waals surface area contributed by atoms with Gasteiger partial charge >= 0.3 is 35.1 Å². The van der Waals surface area contributed by atoms with Crippen LogP contribution in [0.4, 0.5) is 0 Å². The van der Waals surface area contributed by atoms with Gasteiger partial charge in [-0.25, -0.2) is 18.5 Å². The highest BCUT2D eigenvalue weighted by atomic mass is 31.3. The van der Waals surface area contributed by atoms with Gasteiger partial charge in [-0.1, -0.05) is 0 Å². The largest absolute Gasteiger partial charge is 0.490 e. The molecular weight excluding hydrogens is 505 g/mol. The maximum absolute atomic E-state index is 12.1. The van der Waals surface area contributed by atoms with Gasteiger partial charge in [0.05, 0.1) is 0 Å². The Morgan fingerprint density at radius 1 is 1.19 bits per heavy atom. The minimum Gasteiger partial charge on any atom is -0.463 e. The third-order valence-corrected chi connectivity index (χ3v) is 7.64. The maximum Gasteiger partial charge on any atom is 0.490 e. The number of phosphoric acid groups is 3. The summed E-state index contributed by atoms with van der Waals surface area (Å²) in [4.78, 5) is 72.9. The van der Waals surface area contributed by atoms with E-state index in [1.165, 1.54) is 6.92 Å². The van der Waals surface area contributed by atoms with E-state index in [0.29, 0.717) is 0 Å². The van der Waals surface area contributed by atoms with Gasteiger partial charge in [0.25, 0.3) is 5.56 Å². The number of phosphoric ester groups is 1. The molecule has 2 heterocycles. The van der Waals surface area contributed by atoms with Crippen molar-refractivity contribution in [3.05, 3.63) is 32.6 Å². The molecule has 0 saturated carbocycles. The second kappa shape index (κ2) is 9.79. The molecule has 1 aliphatic rings. The summed E-state index contributed by atoms with van der Waals surface area (Å²) in [5.41, 5.74) is -1.43. The lowest BCUT2D eigenvalue weighted by Gasteiger charge is -2.21. The van der Waals surface area contributed by atoms with E-state index in [1.54, 1.807) is 0 Å². The number of nitrogens with one attached hydrogen (secondary N) is 1. The second-order valence-corrected chi connectivity index (χ2v) is 10.8. The number of aromatic amines is 1. The van der Waals surface area contributed by atoms with Gasteiger partial charge in [-0.2, -0.15) is 8.62 Å². The highest BCUT2D eigenvalue weighted by molar-refractivity contribution is 7.66. The van der Waals surface area contributed by atoms with Gasteiger partial charge in [-0.15, -0.1) is 0 Å². The highest BCUT2D eigenvalue weighted by Crippen LogP contribution is 2.67. The van der Waals surface area contributed by atoms with Crippen LogP contribution in [0, 0.1) is 6.92 Å². The van der Waals surface area contributed by atoms with E-state index in [-0.39, 0.29) is 12.0 Å². The molecule has 5 atom stereocenters. The van der Waals surface area contributed by atoms with Crippen LogP contribution in [0.5, 0.6) is 0 Å². The fraction of sp³-hybridized carbons (Fsp3) is 0.583. The van der Waals surface area contributed by atoms with Gasteiger partial charge in [0.1, 0.15) is 25.0 Å². The van der Waals surface area contributed by atoms with Crippen LogP contribution in [-0.2, 0) is 41.1 Å². The Hall–Kier alpha value is -1.48. The van der Waals surface area contributed by atoms with Crippen LogP contribution in [0.2, 0.25) is 0 Å². The number of aryl methyl sites for hydroxylation is 1. The molecule has 0 bridgehead atoms. The average Bonchev–Trinajstić information content (AvgIpc) is 2.94. The fourth-order valence-electron chi connectivity index (χ4n) is 2.60. The molecule has 1 fully saturated rings. The topological polar surface area (TPSA) is 250 Å².